The SMILES string of the molecule is O=C(CNc1nccn2nc(C(F)(F)F)cc12)NC1CC1. The molecule has 0 unspecified atom stereocenters. The van der Waals surface area contributed by atoms with Crippen LogP contribution in [0.15, 0.2) is 18.5 Å². The summed E-state index contributed by atoms with van der Waals surface area (Å²) in [6.07, 6.45) is 0.0578. The van der Waals surface area contributed by atoms with E-state index < -0.39 is 11.9 Å². The van der Waals surface area contributed by atoms with Crippen LogP contribution in [0.2, 0.25) is 0 Å². The predicted octanol–water partition coefficient (Wildman–Crippen LogP) is 1.44. The molecular formula is C12H12F3N5O. The molecule has 1 aliphatic carbocycles. The molecule has 21 heavy (non-hydrogen) atoms. The van der Waals surface area contributed by atoms with E-state index in [1.165, 1.54) is 12.4 Å². The van der Waals surface area contributed by atoms with E-state index in [1.807, 2.05) is 0 Å². The van der Waals surface area contributed by atoms with Crippen molar-refractivity contribution in [1.82, 2.24) is 19.9 Å². The Morgan fingerprint density at radius 2 is 2.19 bits per heavy atom. The molecule has 0 aliphatic heterocycles. The number of halogens is 3. The number of hydrogen-bond donors (Lipinski definition) is 2. The van der Waals surface area contributed by atoms with Crippen LogP contribution < -0.4 is 10.6 Å². The van der Waals surface area contributed by atoms with Gasteiger partial charge < -0.3 is 10.6 Å². The van der Waals surface area contributed by atoms with Crippen molar-refractivity contribution in [3.63, 3.8) is 0 Å². The molecule has 1 aliphatic rings. The van der Waals surface area contributed by atoms with Crippen LogP contribution in [0, 0.1) is 0 Å². The highest BCUT2D eigenvalue weighted by atomic mass is 19.4. The van der Waals surface area contributed by atoms with Crippen molar-refractivity contribution in [3.05, 3.63) is 24.2 Å². The quantitative estimate of drug-likeness (QED) is 0.896. The molecular weight excluding hydrogens is 287 g/mol. The normalized spacial score (nSPS) is 15.2. The monoisotopic (exact) mass is 299 g/mol. The number of nitrogens with zero attached hydrogens (tertiary/aromatic N) is 3. The number of carbonyl (C=O) groups excluding carboxylic acids is 1. The summed E-state index contributed by atoms with van der Waals surface area (Å²) >= 11 is 0. The van der Waals surface area contributed by atoms with E-state index in [0.717, 1.165) is 23.4 Å². The molecule has 0 saturated heterocycles. The van der Waals surface area contributed by atoms with Crippen LogP contribution in [0.1, 0.15) is 18.5 Å². The molecule has 3 rings (SSSR count). The third kappa shape index (κ3) is 3.06. The van der Waals surface area contributed by atoms with Gasteiger partial charge in [0, 0.05) is 24.5 Å². The molecule has 2 aromatic heterocycles. The number of hydrogen-bond acceptors (Lipinski definition) is 4. The average molecular weight is 299 g/mol. The van der Waals surface area contributed by atoms with Gasteiger partial charge in [-0.2, -0.15) is 18.3 Å². The Balaban J connectivity index is 1.77. The van der Waals surface area contributed by atoms with E-state index in [0.29, 0.717) is 0 Å². The molecule has 1 amide bonds. The Hall–Kier alpha value is -2.32. The Labute approximate surface area is 117 Å². The summed E-state index contributed by atoms with van der Waals surface area (Å²) < 4.78 is 39.0. The Kier molecular flexibility index (Phi) is 3.19. The first kappa shape index (κ1) is 13.7. The van der Waals surface area contributed by atoms with Crippen LogP contribution in [-0.2, 0) is 11.0 Å². The second-order valence-corrected chi connectivity index (χ2v) is 4.83. The molecule has 9 heteroatoms. The minimum Gasteiger partial charge on any atom is -0.359 e. The Morgan fingerprint density at radius 1 is 1.43 bits per heavy atom. The first-order chi connectivity index (χ1) is 9.93. The second-order valence-electron chi connectivity index (χ2n) is 4.83. The molecule has 112 valence electrons. The van der Waals surface area contributed by atoms with Crippen molar-refractivity contribution in [3.8, 4) is 0 Å². The van der Waals surface area contributed by atoms with Gasteiger partial charge in [0.15, 0.2) is 11.5 Å². The highest BCUT2D eigenvalue weighted by molar-refractivity contribution is 5.82. The first-order valence-corrected chi connectivity index (χ1v) is 6.38. The van der Waals surface area contributed by atoms with E-state index >= 15 is 0 Å². The van der Waals surface area contributed by atoms with E-state index in [1.54, 1.807) is 0 Å². The van der Waals surface area contributed by atoms with Crippen molar-refractivity contribution in [2.75, 3.05) is 11.9 Å². The van der Waals surface area contributed by atoms with Crippen molar-refractivity contribution in [2.24, 2.45) is 0 Å². The lowest BCUT2D eigenvalue weighted by Crippen LogP contribution is -2.31. The molecule has 0 aromatic carbocycles. The van der Waals surface area contributed by atoms with Crippen LogP contribution in [0.3, 0.4) is 0 Å². The summed E-state index contributed by atoms with van der Waals surface area (Å²) in [5.41, 5.74) is -0.829. The summed E-state index contributed by atoms with van der Waals surface area (Å²) in [6, 6.07) is 1.13. The Bertz CT molecular complexity index is 677. The van der Waals surface area contributed by atoms with Gasteiger partial charge in [0.1, 0.15) is 5.52 Å². The number of nitrogens with one attached hydrogen (secondary N) is 2. The predicted molar refractivity (Wildman–Crippen MR) is 67.6 cm³/mol. The van der Waals surface area contributed by atoms with E-state index in [2.05, 4.69) is 20.7 Å². The van der Waals surface area contributed by atoms with Crippen LogP contribution in [-0.4, -0.2) is 33.1 Å². The van der Waals surface area contributed by atoms with Gasteiger partial charge in [-0.1, -0.05) is 0 Å². The fraction of sp³-hybridized carbons (Fsp3) is 0.417. The van der Waals surface area contributed by atoms with Crippen molar-refractivity contribution in [2.45, 2.75) is 25.1 Å². The lowest BCUT2D eigenvalue weighted by molar-refractivity contribution is -0.141. The van der Waals surface area contributed by atoms with Crippen molar-refractivity contribution >= 4 is 17.2 Å². The standard InChI is InChI=1S/C12H12F3N5O/c13-12(14,15)9-5-8-11(16-3-4-20(8)19-9)17-6-10(21)18-7-1-2-7/h3-5,7H,1-2,6H2,(H,16,17)(H,18,21). The lowest BCUT2D eigenvalue weighted by Gasteiger charge is -2.07. The third-order valence-electron chi connectivity index (χ3n) is 3.04. The van der Waals surface area contributed by atoms with Crippen LogP contribution in [0.4, 0.5) is 19.0 Å². The molecule has 0 atom stereocenters. The van der Waals surface area contributed by atoms with E-state index in [9.17, 15) is 18.0 Å². The zero-order valence-corrected chi connectivity index (χ0v) is 10.8. The number of rotatable bonds is 4. The molecule has 0 radical (unpaired) electrons. The summed E-state index contributed by atoms with van der Waals surface area (Å²) in [6.45, 7) is -0.0459. The maximum absolute atomic E-state index is 12.6. The van der Waals surface area contributed by atoms with Gasteiger partial charge in [0.25, 0.3) is 0 Å². The van der Waals surface area contributed by atoms with Gasteiger partial charge in [-0.05, 0) is 12.8 Å². The smallest absolute Gasteiger partial charge is 0.359 e. The molecule has 2 aromatic rings. The molecule has 2 heterocycles. The number of alkyl halides is 3. The minimum absolute atomic E-state index is 0.0459. The number of carbonyl (C=O) groups is 1. The lowest BCUT2D eigenvalue weighted by atomic mass is 10.3. The molecule has 0 bridgehead atoms. The van der Waals surface area contributed by atoms with Crippen molar-refractivity contribution < 1.29 is 18.0 Å². The number of aromatic nitrogens is 3. The Morgan fingerprint density at radius 3 is 2.86 bits per heavy atom. The fourth-order valence-corrected chi connectivity index (χ4v) is 1.87. The average Bonchev–Trinajstić information content (AvgIpc) is 3.09. The highest BCUT2D eigenvalue weighted by Crippen LogP contribution is 2.29. The van der Waals surface area contributed by atoms with Gasteiger partial charge in [-0.3, -0.25) is 4.79 Å². The third-order valence-corrected chi connectivity index (χ3v) is 3.04. The highest BCUT2D eigenvalue weighted by Gasteiger charge is 2.34. The zero-order valence-electron chi connectivity index (χ0n) is 10.8. The maximum atomic E-state index is 12.6. The second kappa shape index (κ2) is 4.90. The van der Waals surface area contributed by atoms with Gasteiger partial charge in [0.2, 0.25) is 5.91 Å². The van der Waals surface area contributed by atoms with Gasteiger partial charge in [-0.25, -0.2) is 9.50 Å². The summed E-state index contributed by atoms with van der Waals surface area (Å²) in [7, 11) is 0. The van der Waals surface area contributed by atoms with Crippen molar-refractivity contribution in [1.29, 1.82) is 0 Å². The van der Waals surface area contributed by atoms with Gasteiger partial charge in [-0.15, -0.1) is 0 Å². The maximum Gasteiger partial charge on any atom is 0.435 e. The molecule has 6 nitrogen and oxygen atoms in total. The van der Waals surface area contributed by atoms with E-state index in [4.69, 9.17) is 0 Å². The molecule has 1 saturated carbocycles. The number of anilines is 1. The van der Waals surface area contributed by atoms with E-state index in [-0.39, 0.29) is 29.8 Å². The van der Waals surface area contributed by atoms with Gasteiger partial charge >= 0.3 is 6.18 Å². The largest absolute Gasteiger partial charge is 0.435 e. The first-order valence-electron chi connectivity index (χ1n) is 6.38. The minimum atomic E-state index is -4.52. The van der Waals surface area contributed by atoms with Gasteiger partial charge in [0.05, 0.1) is 6.54 Å². The summed E-state index contributed by atoms with van der Waals surface area (Å²) in [4.78, 5) is 15.5. The van der Waals surface area contributed by atoms with Crippen LogP contribution >= 0.6 is 0 Å². The summed E-state index contributed by atoms with van der Waals surface area (Å²) in [5, 5.41) is 8.95. The topological polar surface area (TPSA) is 71.3 Å². The summed E-state index contributed by atoms with van der Waals surface area (Å²) in [5.74, 6) is -0.0247. The number of fused-ring (bicyclic) bond motifs is 1. The number of amides is 1. The van der Waals surface area contributed by atoms with Crippen LogP contribution in [0.5, 0.6) is 0 Å². The fourth-order valence-electron chi connectivity index (χ4n) is 1.87. The molecule has 0 spiro atoms. The molecule has 1 fully saturated rings. The van der Waals surface area contributed by atoms with Crippen LogP contribution in [0.25, 0.3) is 5.52 Å². The zero-order chi connectivity index (χ0) is 15.0. The molecule has 2 N–H and O–H groups in total.